The van der Waals surface area contributed by atoms with Crippen LogP contribution in [-0.4, -0.2) is 58.0 Å². The van der Waals surface area contributed by atoms with E-state index in [0.717, 1.165) is 5.69 Å². The Morgan fingerprint density at radius 3 is 2.39 bits per heavy atom. The van der Waals surface area contributed by atoms with Gasteiger partial charge in [-0.15, -0.1) is 0 Å². The van der Waals surface area contributed by atoms with Crippen LogP contribution in [0.15, 0.2) is 54.7 Å². The molecule has 0 unspecified atom stereocenters. The van der Waals surface area contributed by atoms with Crippen molar-refractivity contribution in [3.8, 4) is 0 Å². The van der Waals surface area contributed by atoms with Gasteiger partial charge in [0.1, 0.15) is 34.3 Å². The standard InChI is InChI=1S/C32H40F2N6O4/c1-30(2,3)43-28(41)39(20-17-23-12-7-8-18-35-23)26-14-9-13-25(38-26)36-21-32(33,34)24-16-15-22-11-10-19-40(27(22)37-24)29(42)44-31(4,5)6/h7-9,12-16,18H,10-11,17,19-21H2,1-6H3,(H,36,38). The summed E-state index contributed by atoms with van der Waals surface area (Å²) in [5.74, 6) is -2.85. The summed E-state index contributed by atoms with van der Waals surface area (Å²) in [7, 11) is 0. The molecule has 10 nitrogen and oxygen atoms in total. The molecule has 0 saturated carbocycles. The lowest BCUT2D eigenvalue weighted by Gasteiger charge is -2.31. The molecule has 0 bridgehead atoms. The van der Waals surface area contributed by atoms with Gasteiger partial charge in [0.25, 0.3) is 0 Å². The number of nitrogens with zero attached hydrogens (tertiary/aromatic N) is 5. The number of nitrogens with one attached hydrogen (secondary N) is 1. The van der Waals surface area contributed by atoms with Gasteiger partial charge in [0.15, 0.2) is 0 Å². The van der Waals surface area contributed by atoms with Gasteiger partial charge >= 0.3 is 18.1 Å². The van der Waals surface area contributed by atoms with E-state index < -0.39 is 41.5 Å². The van der Waals surface area contributed by atoms with Crippen molar-refractivity contribution < 1.29 is 27.8 Å². The highest BCUT2D eigenvalue weighted by molar-refractivity contribution is 5.88. The Hall–Kier alpha value is -4.35. The number of alkyl halides is 2. The Bertz CT molecular complexity index is 1460. The number of aromatic nitrogens is 3. The van der Waals surface area contributed by atoms with E-state index in [1.807, 2.05) is 12.1 Å². The van der Waals surface area contributed by atoms with E-state index in [4.69, 9.17) is 9.47 Å². The number of halogens is 2. The minimum absolute atomic E-state index is 0.141. The second kappa shape index (κ2) is 13.1. The molecule has 1 aliphatic heterocycles. The number of amides is 2. The first-order chi connectivity index (χ1) is 20.6. The van der Waals surface area contributed by atoms with Gasteiger partial charge < -0.3 is 14.8 Å². The molecule has 4 rings (SSSR count). The van der Waals surface area contributed by atoms with Crippen molar-refractivity contribution in [3.63, 3.8) is 0 Å². The zero-order valence-corrected chi connectivity index (χ0v) is 26.1. The molecule has 0 saturated heterocycles. The van der Waals surface area contributed by atoms with E-state index in [-0.39, 0.29) is 24.0 Å². The number of carbonyl (C=O) groups is 2. The van der Waals surface area contributed by atoms with Crippen molar-refractivity contribution in [2.75, 3.05) is 34.8 Å². The van der Waals surface area contributed by atoms with Crippen LogP contribution in [0.2, 0.25) is 0 Å². The molecule has 0 radical (unpaired) electrons. The van der Waals surface area contributed by atoms with Crippen LogP contribution in [0.25, 0.3) is 0 Å². The van der Waals surface area contributed by atoms with Gasteiger partial charge in [0, 0.05) is 31.4 Å². The number of ether oxygens (including phenoxy) is 2. The van der Waals surface area contributed by atoms with Gasteiger partial charge in [-0.3, -0.25) is 14.8 Å². The number of fused-ring (bicyclic) bond motifs is 1. The maximum absolute atomic E-state index is 15.5. The smallest absolute Gasteiger partial charge is 0.416 e. The van der Waals surface area contributed by atoms with Crippen LogP contribution in [0, 0.1) is 0 Å². The van der Waals surface area contributed by atoms with Crippen molar-refractivity contribution in [2.24, 2.45) is 0 Å². The second-order valence-corrected chi connectivity index (χ2v) is 12.6. The summed E-state index contributed by atoms with van der Waals surface area (Å²) in [5.41, 5.74) is -0.492. The topological polar surface area (TPSA) is 110 Å². The molecular weight excluding hydrogens is 570 g/mol. The maximum Gasteiger partial charge on any atom is 0.416 e. The molecule has 12 heteroatoms. The Balaban J connectivity index is 1.51. The van der Waals surface area contributed by atoms with Crippen LogP contribution in [0.5, 0.6) is 0 Å². The van der Waals surface area contributed by atoms with E-state index in [0.29, 0.717) is 31.4 Å². The highest BCUT2D eigenvalue weighted by atomic mass is 19.3. The number of hydrogen-bond acceptors (Lipinski definition) is 8. The molecule has 0 fully saturated rings. The van der Waals surface area contributed by atoms with Gasteiger partial charge in [-0.1, -0.05) is 18.2 Å². The lowest BCUT2D eigenvalue weighted by atomic mass is 10.0. The molecule has 2 amide bonds. The van der Waals surface area contributed by atoms with Crippen molar-refractivity contribution in [3.05, 3.63) is 71.7 Å². The average molecular weight is 611 g/mol. The van der Waals surface area contributed by atoms with Crippen LogP contribution < -0.4 is 15.1 Å². The fourth-order valence-electron chi connectivity index (χ4n) is 4.49. The monoisotopic (exact) mass is 610 g/mol. The van der Waals surface area contributed by atoms with Gasteiger partial charge in [0.05, 0.1) is 6.54 Å². The van der Waals surface area contributed by atoms with Gasteiger partial charge in [-0.2, -0.15) is 8.78 Å². The normalized spacial score (nSPS) is 13.6. The quantitative estimate of drug-likeness (QED) is 0.298. The first-order valence-corrected chi connectivity index (χ1v) is 14.6. The van der Waals surface area contributed by atoms with Crippen LogP contribution in [0.4, 0.5) is 35.8 Å². The maximum atomic E-state index is 15.5. The first-order valence-electron chi connectivity index (χ1n) is 14.6. The predicted molar refractivity (Wildman–Crippen MR) is 164 cm³/mol. The molecule has 3 aromatic rings. The first kappa shape index (κ1) is 32.6. The Morgan fingerprint density at radius 2 is 1.70 bits per heavy atom. The number of rotatable bonds is 8. The minimum atomic E-state index is -3.41. The summed E-state index contributed by atoms with van der Waals surface area (Å²) in [6, 6.07) is 13.1. The lowest BCUT2D eigenvalue weighted by molar-refractivity contribution is 0.00582. The molecule has 0 atom stereocenters. The zero-order chi connectivity index (χ0) is 32.1. The number of carbonyl (C=O) groups excluding carboxylic acids is 2. The molecule has 1 N–H and O–H groups in total. The number of pyridine rings is 3. The molecule has 236 valence electrons. The minimum Gasteiger partial charge on any atom is -0.443 e. The number of aryl methyl sites for hydroxylation is 1. The predicted octanol–water partition coefficient (Wildman–Crippen LogP) is 6.75. The van der Waals surface area contributed by atoms with Crippen LogP contribution >= 0.6 is 0 Å². The van der Waals surface area contributed by atoms with E-state index in [1.54, 1.807) is 72.0 Å². The molecule has 3 aromatic heterocycles. The lowest BCUT2D eigenvalue weighted by Crippen LogP contribution is -2.41. The largest absolute Gasteiger partial charge is 0.443 e. The molecular formula is C32H40F2N6O4. The summed E-state index contributed by atoms with van der Waals surface area (Å²) < 4.78 is 42.1. The summed E-state index contributed by atoms with van der Waals surface area (Å²) in [6.45, 7) is 10.2. The molecule has 0 aromatic carbocycles. The third-order valence-electron chi connectivity index (χ3n) is 6.46. The van der Waals surface area contributed by atoms with Crippen LogP contribution in [-0.2, 0) is 28.2 Å². The summed E-state index contributed by atoms with van der Waals surface area (Å²) >= 11 is 0. The molecule has 0 aliphatic carbocycles. The SMILES string of the molecule is CC(C)(C)OC(=O)N(CCc1ccccn1)c1cccc(NCC(F)(F)c2ccc3c(n2)N(C(=O)OC(C)(C)C)CCC3)n1. The molecule has 1 aliphatic rings. The Morgan fingerprint density at radius 1 is 0.955 bits per heavy atom. The van der Waals surface area contributed by atoms with Crippen molar-refractivity contribution >= 4 is 29.6 Å². The Kier molecular flexibility index (Phi) is 9.70. The highest BCUT2D eigenvalue weighted by Gasteiger charge is 2.36. The molecule has 4 heterocycles. The Labute approximate surface area is 256 Å². The summed E-state index contributed by atoms with van der Waals surface area (Å²) in [6.07, 6.45) is 2.16. The van der Waals surface area contributed by atoms with Crippen LogP contribution in [0.1, 0.15) is 64.9 Å². The van der Waals surface area contributed by atoms with E-state index >= 15 is 8.78 Å². The molecule has 0 spiro atoms. The van der Waals surface area contributed by atoms with Gasteiger partial charge in [-0.25, -0.2) is 19.6 Å². The zero-order valence-electron chi connectivity index (χ0n) is 26.1. The summed E-state index contributed by atoms with van der Waals surface area (Å²) in [4.78, 5) is 41.6. The third kappa shape index (κ3) is 8.84. The van der Waals surface area contributed by atoms with Gasteiger partial charge in [-0.05, 0) is 90.3 Å². The van der Waals surface area contributed by atoms with Crippen LogP contribution in [0.3, 0.4) is 0 Å². The highest BCUT2D eigenvalue weighted by Crippen LogP contribution is 2.33. The fourth-order valence-corrected chi connectivity index (χ4v) is 4.49. The van der Waals surface area contributed by atoms with E-state index in [2.05, 4.69) is 20.3 Å². The summed E-state index contributed by atoms with van der Waals surface area (Å²) in [5, 5.41) is 2.69. The van der Waals surface area contributed by atoms with Crippen molar-refractivity contribution in [1.82, 2.24) is 15.0 Å². The molecule has 44 heavy (non-hydrogen) atoms. The third-order valence-corrected chi connectivity index (χ3v) is 6.46. The van der Waals surface area contributed by atoms with E-state index in [1.165, 1.54) is 21.9 Å². The number of hydrogen-bond donors (Lipinski definition) is 1. The van der Waals surface area contributed by atoms with E-state index in [9.17, 15) is 9.59 Å². The van der Waals surface area contributed by atoms with Crippen molar-refractivity contribution in [1.29, 1.82) is 0 Å². The number of anilines is 3. The van der Waals surface area contributed by atoms with Gasteiger partial charge in [0.2, 0.25) is 0 Å². The average Bonchev–Trinajstić information content (AvgIpc) is 2.94. The van der Waals surface area contributed by atoms with Crippen molar-refractivity contribution in [2.45, 2.75) is 77.9 Å². The fraction of sp³-hybridized carbons (Fsp3) is 0.469. The second-order valence-electron chi connectivity index (χ2n) is 12.6.